The monoisotopic (exact) mass is 1460 g/mol. The van der Waals surface area contributed by atoms with Crippen LogP contribution in [-0.2, 0) is 57.5 Å². The number of hydrogen-bond acceptors (Lipinski definition) is 14. The molecule has 5 rings (SSSR count). The average Bonchev–Trinajstić information content (AvgIpc) is 0.817. The maximum atomic E-state index is 15.8. The van der Waals surface area contributed by atoms with Crippen molar-refractivity contribution in [3.63, 3.8) is 0 Å². The third-order valence-electron chi connectivity index (χ3n) is 22.0. The smallest absolute Gasteiger partial charge is 0.260 e. The van der Waals surface area contributed by atoms with Gasteiger partial charge in [-0.1, -0.05) is 120 Å². The molecular formula is C75H129F2N13O13. The third kappa shape index (κ3) is 25.0. The molecule has 103 heavy (non-hydrogen) atoms. The van der Waals surface area contributed by atoms with Gasteiger partial charge in [-0.25, -0.2) is 8.78 Å². The molecule has 586 valence electrons. The minimum atomic E-state index is -3.03. The Morgan fingerprint density at radius 3 is 1.47 bits per heavy atom. The van der Waals surface area contributed by atoms with E-state index in [0.29, 0.717) is 25.9 Å². The standard InChI is InChI=1S/C75H129F2N13O13/c1-46(2)38-54-69(98)86(15)59(40-48(5)6)72(101)85(14)58(41-52-28-21-18-22-29-52)67(96)79-55(39-47(3)4)70(99)87(16)60(42-53-30-23-19-24-31-53)73(102)84(13)57(32-37-89-34-27-33-75(76,77)45-89)66(95)81-63(51(10)91)74(103)82(11)44-62(93)88(17)64(49(7)8)68(97)80-56(71(100)90-35-25-20-26-36-90)43-61(92)83(12)50(9)65(94)78-54/h46-60,63-64,91H,18-45H2,1-17H3,(H,78,94)(H,79,96)(H,80,97)(H,81,95)/t50-,51+,54-,55-,56-,57-,58-,59-,60-,63-,64-/m0/s1. The summed E-state index contributed by atoms with van der Waals surface area (Å²) >= 11 is 0. The Balaban J connectivity index is 1.69. The van der Waals surface area contributed by atoms with Crippen LogP contribution in [0.4, 0.5) is 8.78 Å². The summed E-state index contributed by atoms with van der Waals surface area (Å²) in [7, 11) is 9.82. The van der Waals surface area contributed by atoms with E-state index in [1.54, 1.807) is 18.7 Å². The lowest BCUT2D eigenvalue weighted by molar-refractivity contribution is -0.152. The normalized spacial score (nSPS) is 28.5. The number of nitrogens with zero attached hydrogens (tertiary/aromatic N) is 9. The van der Waals surface area contributed by atoms with E-state index in [1.807, 2.05) is 41.5 Å². The highest BCUT2D eigenvalue weighted by atomic mass is 19.3. The summed E-state index contributed by atoms with van der Waals surface area (Å²) in [5, 5.41) is 22.7. The minimum absolute atomic E-state index is 0.00998. The predicted octanol–water partition coefficient (Wildman–Crippen LogP) is 5.02. The molecule has 3 saturated heterocycles. The van der Waals surface area contributed by atoms with E-state index in [2.05, 4.69) is 21.3 Å². The van der Waals surface area contributed by atoms with Crippen LogP contribution in [-0.4, -0.2) is 281 Å². The lowest BCUT2D eigenvalue weighted by Crippen LogP contribution is -2.62. The van der Waals surface area contributed by atoms with E-state index in [9.17, 15) is 33.9 Å². The summed E-state index contributed by atoms with van der Waals surface area (Å²) in [5.74, 6) is -12.8. The molecule has 12 amide bonds. The molecule has 2 saturated carbocycles. The number of aliphatic hydroxyl groups excluding tert-OH is 1. The van der Waals surface area contributed by atoms with Crippen LogP contribution < -0.4 is 21.3 Å². The topological polar surface area (TPSA) is 302 Å². The van der Waals surface area contributed by atoms with Crippen molar-refractivity contribution in [1.82, 2.24) is 65.4 Å². The van der Waals surface area contributed by atoms with Crippen LogP contribution in [0.25, 0.3) is 0 Å². The first-order valence-corrected chi connectivity index (χ1v) is 38.4. The summed E-state index contributed by atoms with van der Waals surface area (Å²) in [5.41, 5.74) is 0. The van der Waals surface area contributed by atoms with Gasteiger partial charge in [0.15, 0.2) is 0 Å². The van der Waals surface area contributed by atoms with E-state index in [0.717, 1.165) is 90.2 Å². The molecule has 0 unspecified atom stereocenters. The number of likely N-dealkylation sites (tertiary alicyclic amines) is 2. The van der Waals surface area contributed by atoms with Gasteiger partial charge in [0, 0.05) is 75.4 Å². The molecule has 0 aromatic rings. The molecule has 0 bridgehead atoms. The number of amides is 12. The van der Waals surface area contributed by atoms with E-state index in [1.165, 1.54) is 82.8 Å². The first kappa shape index (κ1) is 87.1. The van der Waals surface area contributed by atoms with Gasteiger partial charge >= 0.3 is 0 Å². The molecule has 5 N–H and O–H groups in total. The zero-order chi connectivity index (χ0) is 77.1. The lowest BCUT2D eigenvalue weighted by Gasteiger charge is -2.40. The third-order valence-corrected chi connectivity index (χ3v) is 22.0. The van der Waals surface area contributed by atoms with Crippen molar-refractivity contribution in [2.45, 2.75) is 283 Å². The number of alkyl halides is 2. The quantitative estimate of drug-likeness (QED) is 0.136. The first-order chi connectivity index (χ1) is 48.3. The minimum Gasteiger partial charge on any atom is -0.391 e. The second-order valence-corrected chi connectivity index (χ2v) is 32.3. The summed E-state index contributed by atoms with van der Waals surface area (Å²) in [6, 6.07) is -13.4. The Hall–Kier alpha value is -6.58. The van der Waals surface area contributed by atoms with Crippen LogP contribution in [0.1, 0.15) is 210 Å². The van der Waals surface area contributed by atoms with Gasteiger partial charge in [-0.2, -0.15) is 0 Å². The zero-order valence-electron chi connectivity index (χ0n) is 65.2. The molecule has 0 radical (unpaired) electrons. The highest BCUT2D eigenvalue weighted by Crippen LogP contribution is 2.33. The number of hydrogen-bond donors (Lipinski definition) is 5. The molecule has 3 aliphatic heterocycles. The largest absolute Gasteiger partial charge is 0.391 e. The number of nitrogens with one attached hydrogen (secondary N) is 4. The highest BCUT2D eigenvalue weighted by Gasteiger charge is 2.46. The van der Waals surface area contributed by atoms with E-state index < -0.39 is 169 Å². The van der Waals surface area contributed by atoms with Gasteiger partial charge in [0.25, 0.3) is 5.92 Å². The van der Waals surface area contributed by atoms with Crippen LogP contribution in [0.3, 0.4) is 0 Å². The Morgan fingerprint density at radius 2 is 0.961 bits per heavy atom. The molecule has 11 atom stereocenters. The SMILES string of the molecule is CC(C)C[C@@H]1NC(=O)[C@H](C)N(C)C(=O)C[C@@H](C(=O)N2CCCCC2)NC(=O)[C@H](C(C)C)N(C)C(=O)CN(C)C(=O)[C@H]([C@@H](C)O)NC(=O)[C@H](CCN2CCCC(F)(F)C2)N(C)C(=O)[C@H](CC2CCCCC2)N(C)C(=O)[C@H](CC(C)C)NC(=O)[C@H](CC2CCCCC2)N(C)C(=O)[C@H](CC(C)C)N(C)C1=O. The van der Waals surface area contributed by atoms with Crippen molar-refractivity contribution < 1.29 is 71.4 Å². The van der Waals surface area contributed by atoms with Gasteiger partial charge in [-0.15, -0.1) is 0 Å². The van der Waals surface area contributed by atoms with Gasteiger partial charge in [0.1, 0.15) is 60.4 Å². The fraction of sp³-hybridized carbons (Fsp3) is 0.840. The van der Waals surface area contributed by atoms with Crippen molar-refractivity contribution >= 4 is 70.9 Å². The second kappa shape index (κ2) is 40.2. The number of likely N-dealkylation sites (N-methyl/N-ethyl adjacent to an activating group) is 7. The van der Waals surface area contributed by atoms with Gasteiger partial charge < -0.3 is 65.6 Å². The molecule has 0 aromatic heterocycles. The van der Waals surface area contributed by atoms with Gasteiger partial charge in [-0.3, -0.25) is 62.4 Å². The van der Waals surface area contributed by atoms with Gasteiger partial charge in [0.05, 0.1) is 25.6 Å². The summed E-state index contributed by atoms with van der Waals surface area (Å²) in [6.45, 7) is 16.9. The van der Waals surface area contributed by atoms with Gasteiger partial charge in [-0.05, 0) is 120 Å². The number of aliphatic hydroxyl groups is 1. The Bertz CT molecular complexity index is 2880. The van der Waals surface area contributed by atoms with Crippen LogP contribution >= 0.6 is 0 Å². The van der Waals surface area contributed by atoms with Crippen molar-refractivity contribution in [1.29, 1.82) is 0 Å². The van der Waals surface area contributed by atoms with E-state index in [-0.39, 0.29) is 94.0 Å². The van der Waals surface area contributed by atoms with Crippen molar-refractivity contribution in [3.8, 4) is 0 Å². The van der Waals surface area contributed by atoms with Crippen LogP contribution in [0.5, 0.6) is 0 Å². The molecule has 5 fully saturated rings. The van der Waals surface area contributed by atoms with Crippen LogP contribution in [0.15, 0.2) is 0 Å². The summed E-state index contributed by atoms with van der Waals surface area (Å²) in [4.78, 5) is 192. The first-order valence-electron chi connectivity index (χ1n) is 38.4. The molecule has 0 aromatic carbocycles. The summed E-state index contributed by atoms with van der Waals surface area (Å²) < 4.78 is 30.1. The zero-order valence-corrected chi connectivity index (χ0v) is 65.2. The second-order valence-electron chi connectivity index (χ2n) is 32.3. The van der Waals surface area contributed by atoms with Crippen molar-refractivity contribution in [2.24, 2.45) is 35.5 Å². The lowest BCUT2D eigenvalue weighted by atomic mass is 9.83. The molecule has 3 heterocycles. The number of rotatable bonds is 16. The maximum Gasteiger partial charge on any atom is 0.260 e. The Kier molecular flexibility index (Phi) is 34.0. The number of carbonyl (C=O) groups excluding carboxylic acids is 12. The molecule has 0 spiro atoms. The maximum absolute atomic E-state index is 15.8. The fourth-order valence-electron chi connectivity index (χ4n) is 15.6. The molecule has 28 heteroatoms. The van der Waals surface area contributed by atoms with Crippen molar-refractivity contribution in [3.05, 3.63) is 0 Å². The average molecular weight is 1460 g/mol. The van der Waals surface area contributed by atoms with Crippen LogP contribution in [0.2, 0.25) is 0 Å². The molecule has 26 nitrogen and oxygen atoms in total. The van der Waals surface area contributed by atoms with E-state index >= 15 is 37.5 Å². The molecular weight excluding hydrogens is 1330 g/mol. The molecule has 2 aliphatic carbocycles. The number of carbonyl (C=O) groups is 12. The summed E-state index contributed by atoms with van der Waals surface area (Å²) in [6.07, 6.45) is 8.84. The number of piperidine rings is 2. The molecule has 5 aliphatic rings. The Morgan fingerprint density at radius 1 is 0.495 bits per heavy atom. The predicted molar refractivity (Wildman–Crippen MR) is 388 cm³/mol. The van der Waals surface area contributed by atoms with Crippen LogP contribution in [0, 0.1) is 35.5 Å². The number of halogens is 2. The highest BCUT2D eigenvalue weighted by molar-refractivity contribution is 6.00. The fourth-order valence-corrected chi connectivity index (χ4v) is 15.6. The Labute approximate surface area is 612 Å². The van der Waals surface area contributed by atoms with Crippen molar-refractivity contribution in [2.75, 3.05) is 88.6 Å². The van der Waals surface area contributed by atoms with Gasteiger partial charge in [0.2, 0.25) is 70.9 Å². The van der Waals surface area contributed by atoms with E-state index in [4.69, 9.17) is 0 Å².